The Hall–Kier alpha value is -3.45. The molecule has 4 N–H and O–H groups in total. The van der Waals surface area contributed by atoms with Gasteiger partial charge in [0.05, 0.1) is 58.9 Å². The van der Waals surface area contributed by atoms with Crippen molar-refractivity contribution in [2.45, 2.75) is 193 Å². The monoisotopic (exact) mass is 1100 g/mol. The van der Waals surface area contributed by atoms with Crippen molar-refractivity contribution in [1.29, 1.82) is 0 Å². The standard InChI is InChI=1S/C55H89N3O17S/c1-17-41-53(8,9)47(62)32(4)43(59)30(2)27-54(10,68-15)48(74-52-45(61)40(57(12)13)25-31(3)70-52)33(5)46(34(6)51(65)72-41)73-42-28-55(11,69-16)49(35(7)71-42)75-76(66,67)24-23-56-22-18-19-36-20-21-39-37(26-36)44(60)38(50(63)64)29-58(39)14/h20-21,26,29-35,40-42,45-49,52,56,61-62H,17-19,22-25,27-28H2,1-16H3,(H,63,64)/t30-,31-,32+,33+,34-,35+,40+,41-,42+,45?,46+,47-,48-,49+,52+,54-,55-/m1/s1. The number of esters is 1. The fourth-order valence-corrected chi connectivity index (χ4v) is 13.0. The van der Waals surface area contributed by atoms with Crippen LogP contribution in [-0.4, -0.2) is 177 Å². The van der Waals surface area contributed by atoms with Gasteiger partial charge in [-0.2, -0.15) is 8.42 Å². The lowest BCUT2D eigenvalue weighted by molar-refractivity contribution is -0.317. The molecule has 5 rings (SSSR count). The number of benzene rings is 1. The largest absolute Gasteiger partial charge is 0.477 e. The predicted molar refractivity (Wildman–Crippen MR) is 284 cm³/mol. The number of aliphatic hydroxyl groups is 2. The number of aromatic nitrogens is 1. The lowest BCUT2D eigenvalue weighted by atomic mass is 9.70. The first kappa shape index (κ1) is 63.4. The molecule has 3 aliphatic heterocycles. The first-order valence-corrected chi connectivity index (χ1v) is 28.4. The molecule has 3 saturated heterocycles. The third-order valence-corrected chi connectivity index (χ3v) is 17.9. The van der Waals surface area contributed by atoms with Gasteiger partial charge in [-0.05, 0) is 105 Å². The number of nitrogens with zero attached hydrogens (tertiary/aromatic N) is 2. The van der Waals surface area contributed by atoms with Gasteiger partial charge >= 0.3 is 11.9 Å². The Kier molecular flexibility index (Phi) is 21.5. The maximum Gasteiger partial charge on any atom is 0.341 e. The predicted octanol–water partition coefficient (Wildman–Crippen LogP) is 4.84. The lowest BCUT2D eigenvalue weighted by Gasteiger charge is -2.50. The van der Waals surface area contributed by atoms with E-state index >= 15 is 0 Å². The van der Waals surface area contributed by atoms with Gasteiger partial charge in [0.2, 0.25) is 5.43 Å². The zero-order valence-electron chi connectivity index (χ0n) is 47.7. The van der Waals surface area contributed by atoms with E-state index in [-0.39, 0.29) is 48.6 Å². The molecule has 17 atom stereocenters. The van der Waals surface area contributed by atoms with Crippen LogP contribution >= 0.6 is 0 Å². The van der Waals surface area contributed by atoms with Gasteiger partial charge in [-0.3, -0.25) is 18.6 Å². The van der Waals surface area contributed by atoms with E-state index < -0.39 is 123 Å². The van der Waals surface area contributed by atoms with Crippen molar-refractivity contribution in [3.8, 4) is 0 Å². The van der Waals surface area contributed by atoms with Gasteiger partial charge < -0.3 is 63.3 Å². The third-order valence-electron chi connectivity index (χ3n) is 16.6. The number of rotatable bonds is 18. The minimum atomic E-state index is -4.18. The first-order chi connectivity index (χ1) is 35.4. The molecule has 1 aromatic carbocycles. The van der Waals surface area contributed by atoms with Gasteiger partial charge in [-0.25, -0.2) is 4.79 Å². The van der Waals surface area contributed by atoms with E-state index in [1.807, 2.05) is 45.8 Å². The molecule has 0 spiro atoms. The molecule has 0 saturated carbocycles. The zero-order valence-corrected chi connectivity index (χ0v) is 48.5. The van der Waals surface area contributed by atoms with Gasteiger partial charge in [-0.1, -0.05) is 47.6 Å². The Labute approximate surface area is 449 Å². The molecule has 20 nitrogen and oxygen atoms in total. The van der Waals surface area contributed by atoms with Crippen LogP contribution < -0.4 is 10.7 Å². The quantitative estimate of drug-likeness (QED) is 0.0885. The van der Waals surface area contributed by atoms with Gasteiger partial charge in [0.1, 0.15) is 29.7 Å². The van der Waals surface area contributed by atoms with Crippen LogP contribution in [0.3, 0.4) is 0 Å². The number of likely N-dealkylation sites (N-methyl/N-ethyl adjacent to an activating group) is 1. The molecule has 1 aromatic heterocycles. The maximum atomic E-state index is 14.7. The van der Waals surface area contributed by atoms with Crippen molar-refractivity contribution in [3.05, 3.63) is 45.7 Å². The summed E-state index contributed by atoms with van der Waals surface area (Å²) in [6.07, 6.45) is -6.49. The molecular weight excluding hydrogens is 1010 g/mol. The van der Waals surface area contributed by atoms with Gasteiger partial charge in [0.25, 0.3) is 10.1 Å². The van der Waals surface area contributed by atoms with E-state index in [0.717, 1.165) is 5.56 Å². The first-order valence-electron chi connectivity index (χ1n) is 26.8. The maximum absolute atomic E-state index is 14.7. The molecule has 76 heavy (non-hydrogen) atoms. The van der Waals surface area contributed by atoms with Gasteiger partial charge in [0.15, 0.2) is 12.6 Å². The summed E-state index contributed by atoms with van der Waals surface area (Å²) in [5.74, 6) is -5.84. The highest BCUT2D eigenvalue weighted by molar-refractivity contribution is 7.86. The van der Waals surface area contributed by atoms with Crippen LogP contribution in [0.5, 0.6) is 0 Å². The number of Topliss-reactive ketones (excluding diaryl/α,β-unsaturated/α-hetero) is 1. The van der Waals surface area contributed by atoms with Crippen molar-refractivity contribution in [2.24, 2.45) is 36.1 Å². The molecule has 2 aromatic rings. The third kappa shape index (κ3) is 14.3. The number of carbonyl (C=O) groups is 3. The molecule has 4 heterocycles. The van der Waals surface area contributed by atoms with E-state index in [4.69, 9.17) is 37.3 Å². The Morgan fingerprint density at radius 1 is 0.908 bits per heavy atom. The number of carbonyl (C=O) groups excluding carboxylic acids is 2. The number of carboxylic acid groups (broad SMARTS) is 1. The second-order valence-electron chi connectivity index (χ2n) is 23.1. The summed E-state index contributed by atoms with van der Waals surface area (Å²) in [7, 11) is 4.18. The topological polar surface area (TPSA) is 257 Å². The molecule has 3 aliphatic rings. The summed E-state index contributed by atoms with van der Waals surface area (Å²) in [4.78, 5) is 55.4. The zero-order chi connectivity index (χ0) is 57.0. The number of ketones is 1. The smallest absolute Gasteiger partial charge is 0.341 e. The number of hydrogen-bond acceptors (Lipinski definition) is 18. The summed E-state index contributed by atoms with van der Waals surface area (Å²) in [5, 5.41) is 36.6. The summed E-state index contributed by atoms with van der Waals surface area (Å²) in [6.45, 7) is 20.0. The summed E-state index contributed by atoms with van der Waals surface area (Å²) >= 11 is 0. The van der Waals surface area contributed by atoms with Crippen molar-refractivity contribution in [3.63, 3.8) is 0 Å². The Balaban J connectivity index is 1.38. The van der Waals surface area contributed by atoms with Crippen LogP contribution in [0.15, 0.2) is 29.2 Å². The number of aliphatic hydroxyl groups excluding tert-OH is 2. The molecule has 21 heteroatoms. The molecule has 0 radical (unpaired) electrons. The number of hydrogen-bond donors (Lipinski definition) is 4. The summed E-state index contributed by atoms with van der Waals surface area (Å²) in [6, 6.07) is 5.01. The summed E-state index contributed by atoms with van der Waals surface area (Å²) < 4.78 is 80.2. The highest BCUT2D eigenvalue weighted by atomic mass is 32.2. The number of fused-ring (bicyclic) bond motifs is 1. The molecule has 0 aliphatic carbocycles. The minimum absolute atomic E-state index is 0.0461. The fraction of sp³-hybridized carbons (Fsp3) is 0.782. The van der Waals surface area contributed by atoms with E-state index in [1.54, 1.807) is 79.1 Å². The number of cyclic esters (lactones) is 1. The van der Waals surface area contributed by atoms with E-state index in [1.165, 1.54) is 20.4 Å². The second kappa shape index (κ2) is 25.8. The van der Waals surface area contributed by atoms with Crippen LogP contribution in [0.4, 0.5) is 0 Å². The normalized spacial score (nSPS) is 36.2. The molecule has 0 amide bonds. The average Bonchev–Trinajstić information content (AvgIpc) is 3.36. The van der Waals surface area contributed by atoms with E-state index in [0.29, 0.717) is 43.1 Å². The molecular formula is C55H89N3O17S. The van der Waals surface area contributed by atoms with Gasteiger partial charge in [0, 0.05) is 75.0 Å². The second-order valence-corrected chi connectivity index (χ2v) is 24.8. The highest BCUT2D eigenvalue weighted by Gasteiger charge is 2.55. The van der Waals surface area contributed by atoms with E-state index in [9.17, 15) is 42.9 Å². The molecule has 432 valence electrons. The molecule has 1 unspecified atom stereocenters. The van der Waals surface area contributed by atoms with Crippen LogP contribution in [0.25, 0.3) is 10.9 Å². The molecule has 3 fully saturated rings. The number of carboxylic acids is 1. The number of methoxy groups -OCH3 is 2. The van der Waals surface area contributed by atoms with Crippen LogP contribution in [0.2, 0.25) is 0 Å². The fourth-order valence-electron chi connectivity index (χ4n) is 11.8. The number of pyridine rings is 1. The number of nitrogens with one attached hydrogen (secondary N) is 1. The van der Waals surface area contributed by atoms with Crippen molar-refractivity contribution < 1.29 is 75.5 Å². The molecule has 0 bridgehead atoms. The Morgan fingerprint density at radius 3 is 2.16 bits per heavy atom. The van der Waals surface area contributed by atoms with Crippen molar-refractivity contribution in [1.82, 2.24) is 14.8 Å². The number of aryl methyl sites for hydroxylation is 2. The average molecular weight is 1100 g/mol. The van der Waals surface area contributed by atoms with E-state index in [2.05, 4.69) is 5.32 Å². The van der Waals surface area contributed by atoms with Crippen molar-refractivity contribution >= 4 is 38.7 Å². The Morgan fingerprint density at radius 2 is 1.55 bits per heavy atom. The van der Waals surface area contributed by atoms with Crippen LogP contribution in [0.1, 0.15) is 124 Å². The van der Waals surface area contributed by atoms with Crippen LogP contribution in [-0.2, 0) is 70.5 Å². The minimum Gasteiger partial charge on any atom is -0.477 e. The number of aromatic carboxylic acids is 1. The number of ether oxygens (including phenoxy) is 7. The summed E-state index contributed by atoms with van der Waals surface area (Å²) in [5.41, 5.74) is -3.09. The van der Waals surface area contributed by atoms with Crippen LogP contribution in [0, 0.1) is 29.1 Å². The highest BCUT2D eigenvalue weighted by Crippen LogP contribution is 2.43. The van der Waals surface area contributed by atoms with Gasteiger partial charge in [-0.15, -0.1) is 0 Å². The Bertz CT molecular complexity index is 2490. The lowest BCUT2D eigenvalue weighted by Crippen LogP contribution is -2.61. The van der Waals surface area contributed by atoms with Crippen molar-refractivity contribution in [2.75, 3.05) is 47.2 Å². The SMILES string of the molecule is CC[C@H]1OC(=O)[C@H](C)[C@@H](O[C@H]2C[C@@](C)(OC)[C@@H](OS(=O)(=O)CCNCCCc3ccc4c(c3)c(=O)c(C(=O)O)cn4C)[C@H](C)O2)[C@H](C)[C@@H](O[C@@H]2O[C@H](C)C[C@H](N(C)C)C2O)[C@](C)(OC)C[C@@H](C)C(=O)[C@H](C)[C@@H](O)C1(C)C.